The lowest BCUT2D eigenvalue weighted by atomic mass is 9.81. The largest absolute Gasteiger partial charge is 0.497 e. The number of methoxy groups -OCH3 is 1. The molecule has 3 aromatic rings. The van der Waals surface area contributed by atoms with E-state index >= 15 is 0 Å². The zero-order valence-corrected chi connectivity index (χ0v) is 16.7. The molecule has 146 valence electrons. The summed E-state index contributed by atoms with van der Waals surface area (Å²) in [5.41, 5.74) is 5.93. The van der Waals surface area contributed by atoms with Crippen LogP contribution in [0.15, 0.2) is 55.1 Å². The molecule has 4 rings (SSSR count). The molecule has 0 saturated heterocycles. The minimum Gasteiger partial charge on any atom is -0.497 e. The van der Waals surface area contributed by atoms with Crippen LogP contribution in [0.5, 0.6) is 5.75 Å². The van der Waals surface area contributed by atoms with Gasteiger partial charge in [0.2, 0.25) is 0 Å². The number of allylic oxidation sites excluding steroid dienone is 1. The number of para-hydroxylation sites is 1. The molecule has 1 aliphatic carbocycles. The van der Waals surface area contributed by atoms with Crippen molar-refractivity contribution in [1.29, 1.82) is 0 Å². The van der Waals surface area contributed by atoms with E-state index in [1.165, 1.54) is 54.3 Å². The molecule has 0 unspecified atom stereocenters. The summed E-state index contributed by atoms with van der Waals surface area (Å²) in [5.74, 6) is 1.34. The van der Waals surface area contributed by atoms with Gasteiger partial charge in [-0.25, -0.2) is 0 Å². The third kappa shape index (κ3) is 3.24. The van der Waals surface area contributed by atoms with Gasteiger partial charge in [-0.2, -0.15) is 0 Å². The molecule has 1 heterocycles. The SMILES string of the molecule is C=CCn1c(-c2ccc(OC)cc2CO)c(C2CCCCC2)c2ccccc21. The van der Waals surface area contributed by atoms with Gasteiger partial charge in [-0.15, -0.1) is 6.58 Å². The maximum atomic E-state index is 10.1. The van der Waals surface area contributed by atoms with Gasteiger partial charge < -0.3 is 14.4 Å². The van der Waals surface area contributed by atoms with Crippen LogP contribution in [-0.2, 0) is 13.2 Å². The number of aliphatic hydroxyl groups excluding tert-OH is 1. The lowest BCUT2D eigenvalue weighted by Gasteiger charge is -2.24. The summed E-state index contributed by atoms with van der Waals surface area (Å²) < 4.78 is 7.77. The first kappa shape index (κ1) is 18.8. The van der Waals surface area contributed by atoms with E-state index in [0.29, 0.717) is 5.92 Å². The molecule has 28 heavy (non-hydrogen) atoms. The Morgan fingerprint density at radius 3 is 2.64 bits per heavy atom. The highest BCUT2D eigenvalue weighted by Gasteiger charge is 2.27. The maximum Gasteiger partial charge on any atom is 0.119 e. The molecule has 0 bridgehead atoms. The summed E-state index contributed by atoms with van der Waals surface area (Å²) in [5, 5.41) is 11.5. The molecule has 0 radical (unpaired) electrons. The van der Waals surface area contributed by atoms with Gasteiger partial charge in [0.1, 0.15) is 5.75 Å². The summed E-state index contributed by atoms with van der Waals surface area (Å²) in [6, 6.07) is 14.8. The average Bonchev–Trinajstić information content (AvgIpc) is 3.08. The van der Waals surface area contributed by atoms with Crippen LogP contribution in [0.4, 0.5) is 0 Å². The molecule has 2 aromatic carbocycles. The van der Waals surface area contributed by atoms with Crippen LogP contribution in [-0.4, -0.2) is 16.8 Å². The van der Waals surface area contributed by atoms with Crippen molar-refractivity contribution in [3.8, 4) is 17.0 Å². The Kier molecular flexibility index (Phi) is 5.54. The van der Waals surface area contributed by atoms with Crippen molar-refractivity contribution in [3.63, 3.8) is 0 Å². The maximum absolute atomic E-state index is 10.1. The Bertz CT molecular complexity index is 980. The molecule has 1 saturated carbocycles. The summed E-state index contributed by atoms with van der Waals surface area (Å²) in [6.07, 6.45) is 8.35. The van der Waals surface area contributed by atoms with Crippen molar-refractivity contribution < 1.29 is 9.84 Å². The molecular weight excluding hydrogens is 346 g/mol. The van der Waals surface area contributed by atoms with E-state index in [-0.39, 0.29) is 6.61 Å². The molecule has 3 heteroatoms. The molecule has 0 amide bonds. The molecule has 1 N–H and O–H groups in total. The minimum absolute atomic E-state index is 0.00768. The number of aromatic nitrogens is 1. The molecule has 3 nitrogen and oxygen atoms in total. The van der Waals surface area contributed by atoms with E-state index < -0.39 is 0 Å². The van der Waals surface area contributed by atoms with Crippen LogP contribution in [0.2, 0.25) is 0 Å². The van der Waals surface area contributed by atoms with Gasteiger partial charge in [0, 0.05) is 23.0 Å². The van der Waals surface area contributed by atoms with Crippen molar-refractivity contribution in [3.05, 3.63) is 66.2 Å². The van der Waals surface area contributed by atoms with Crippen molar-refractivity contribution >= 4 is 10.9 Å². The lowest BCUT2D eigenvalue weighted by molar-refractivity contribution is 0.281. The number of benzene rings is 2. The third-order valence-electron chi connectivity index (χ3n) is 6.07. The Morgan fingerprint density at radius 1 is 1.14 bits per heavy atom. The second kappa shape index (κ2) is 8.24. The number of fused-ring (bicyclic) bond motifs is 1. The molecule has 0 spiro atoms. The first-order valence-electron chi connectivity index (χ1n) is 10.3. The molecule has 0 aliphatic heterocycles. The highest BCUT2D eigenvalue weighted by atomic mass is 16.5. The fraction of sp³-hybridized carbons (Fsp3) is 0.360. The Balaban J connectivity index is 2.03. The predicted octanol–water partition coefficient (Wildman–Crippen LogP) is 6.04. The topological polar surface area (TPSA) is 34.4 Å². The van der Waals surface area contributed by atoms with Crippen LogP contribution in [0.3, 0.4) is 0 Å². The van der Waals surface area contributed by atoms with Crippen molar-refractivity contribution in [2.45, 2.75) is 51.2 Å². The number of nitrogens with zero attached hydrogens (tertiary/aromatic N) is 1. The highest BCUT2D eigenvalue weighted by Crippen LogP contribution is 2.45. The molecule has 1 fully saturated rings. The van der Waals surface area contributed by atoms with E-state index in [9.17, 15) is 5.11 Å². The standard InChI is InChI=1S/C25H29NO2/c1-3-15-26-23-12-8-7-11-22(23)24(18-9-5-4-6-10-18)25(26)21-14-13-20(28-2)16-19(21)17-27/h3,7-8,11-14,16,18,27H,1,4-6,9-10,15,17H2,2H3. The summed E-state index contributed by atoms with van der Waals surface area (Å²) in [4.78, 5) is 0. The number of hydrogen-bond acceptors (Lipinski definition) is 2. The Labute approximate surface area is 167 Å². The van der Waals surface area contributed by atoms with Crippen LogP contribution in [0, 0.1) is 0 Å². The quantitative estimate of drug-likeness (QED) is 0.533. The van der Waals surface area contributed by atoms with Crippen LogP contribution in [0.25, 0.3) is 22.2 Å². The number of hydrogen-bond donors (Lipinski definition) is 1. The van der Waals surface area contributed by atoms with Crippen molar-refractivity contribution in [2.24, 2.45) is 0 Å². The number of rotatable bonds is 6. The summed E-state index contributed by atoms with van der Waals surface area (Å²) in [7, 11) is 1.67. The second-order valence-electron chi connectivity index (χ2n) is 7.69. The third-order valence-corrected chi connectivity index (χ3v) is 6.07. The fourth-order valence-corrected chi connectivity index (χ4v) is 4.80. The highest BCUT2D eigenvalue weighted by molar-refractivity contribution is 5.93. The second-order valence-corrected chi connectivity index (χ2v) is 7.69. The predicted molar refractivity (Wildman–Crippen MR) is 116 cm³/mol. The van der Waals surface area contributed by atoms with Gasteiger partial charge in [0.05, 0.1) is 19.4 Å². The van der Waals surface area contributed by atoms with Gasteiger partial charge in [0.15, 0.2) is 0 Å². The molecule has 1 aliphatic rings. The normalized spacial score (nSPS) is 15.1. The van der Waals surface area contributed by atoms with Gasteiger partial charge in [0.25, 0.3) is 0 Å². The van der Waals surface area contributed by atoms with Gasteiger partial charge in [-0.1, -0.05) is 43.5 Å². The van der Waals surface area contributed by atoms with Crippen LogP contribution in [0.1, 0.15) is 49.1 Å². The van der Waals surface area contributed by atoms with E-state index in [1.807, 2.05) is 18.2 Å². The lowest BCUT2D eigenvalue weighted by Crippen LogP contribution is -2.08. The Hall–Kier alpha value is -2.52. The van der Waals surface area contributed by atoms with Crippen molar-refractivity contribution in [1.82, 2.24) is 4.57 Å². The van der Waals surface area contributed by atoms with Crippen molar-refractivity contribution in [2.75, 3.05) is 7.11 Å². The zero-order chi connectivity index (χ0) is 19.5. The van der Waals surface area contributed by atoms with E-state index in [0.717, 1.165) is 23.4 Å². The smallest absolute Gasteiger partial charge is 0.119 e. The monoisotopic (exact) mass is 375 g/mol. The number of aliphatic hydroxyl groups is 1. The Morgan fingerprint density at radius 2 is 1.93 bits per heavy atom. The minimum atomic E-state index is -0.00768. The summed E-state index contributed by atoms with van der Waals surface area (Å²) in [6.45, 7) is 4.74. The first-order chi connectivity index (χ1) is 13.8. The van der Waals surface area contributed by atoms with Gasteiger partial charge >= 0.3 is 0 Å². The van der Waals surface area contributed by atoms with E-state index in [1.54, 1.807) is 7.11 Å². The first-order valence-corrected chi connectivity index (χ1v) is 10.3. The fourth-order valence-electron chi connectivity index (χ4n) is 4.80. The van der Waals surface area contributed by atoms with Gasteiger partial charge in [-0.05, 0) is 54.2 Å². The summed E-state index contributed by atoms with van der Waals surface area (Å²) >= 11 is 0. The zero-order valence-electron chi connectivity index (χ0n) is 16.7. The molecule has 1 aromatic heterocycles. The van der Waals surface area contributed by atoms with Gasteiger partial charge in [-0.3, -0.25) is 0 Å². The molecular formula is C25H29NO2. The van der Waals surface area contributed by atoms with E-state index in [2.05, 4.69) is 41.5 Å². The number of ether oxygens (including phenoxy) is 1. The van der Waals surface area contributed by atoms with E-state index in [4.69, 9.17) is 4.74 Å². The average molecular weight is 376 g/mol. The molecule has 0 atom stereocenters. The van der Waals surface area contributed by atoms with Crippen LogP contribution >= 0.6 is 0 Å². The van der Waals surface area contributed by atoms with Crippen LogP contribution < -0.4 is 4.74 Å².